The second-order valence-electron chi connectivity index (χ2n) is 14.5. The summed E-state index contributed by atoms with van der Waals surface area (Å²) in [4.78, 5) is 35.9. The number of nitrogens with zero attached hydrogens (tertiary/aromatic N) is 3. The molecule has 0 bridgehead atoms. The molecule has 11 nitrogen and oxygen atoms in total. The van der Waals surface area contributed by atoms with Gasteiger partial charge in [-0.3, -0.25) is 4.99 Å². The summed E-state index contributed by atoms with van der Waals surface area (Å²) in [6, 6.07) is 1.39. The van der Waals surface area contributed by atoms with E-state index >= 15 is 4.39 Å². The molecule has 0 unspecified atom stereocenters. The average molecular weight is 612 g/mol. The molecular weight excluding hydrogens is 568 g/mol. The Hall–Kier alpha value is -2.58. The number of hydrogen-bond donors (Lipinski definition) is 0. The van der Waals surface area contributed by atoms with Crippen molar-refractivity contribution in [2.45, 2.75) is 123 Å². The lowest BCUT2D eigenvalue weighted by Gasteiger charge is -2.42. The fourth-order valence-electron chi connectivity index (χ4n) is 4.36. The highest BCUT2D eigenvalue weighted by Gasteiger charge is 2.56. The SMILES string of the molecule is CC(C)(C)OC(=O)N(C(=O)OC(C)(C)C)C1=N[C@](C)(c2cc(B3OC(C)(C)C(C)(C)O3)cnc2F)CS(=O)(=O)C1(C)C. The molecule has 1 aromatic rings. The van der Waals surface area contributed by atoms with Crippen molar-refractivity contribution in [1.82, 2.24) is 9.88 Å². The molecule has 1 aromatic heterocycles. The van der Waals surface area contributed by atoms with E-state index in [1.807, 2.05) is 27.7 Å². The number of rotatable bonds is 2. The van der Waals surface area contributed by atoms with Gasteiger partial charge in [0.05, 0.1) is 17.0 Å². The van der Waals surface area contributed by atoms with Gasteiger partial charge in [0.25, 0.3) is 0 Å². The first kappa shape index (κ1) is 33.9. The number of pyridine rings is 1. The Morgan fingerprint density at radius 3 is 1.81 bits per heavy atom. The number of imide groups is 1. The van der Waals surface area contributed by atoms with Crippen LogP contribution in [0.1, 0.15) is 95.6 Å². The van der Waals surface area contributed by atoms with Crippen LogP contribution in [0.2, 0.25) is 0 Å². The van der Waals surface area contributed by atoms with E-state index in [0.717, 1.165) is 0 Å². The van der Waals surface area contributed by atoms with Gasteiger partial charge in [-0.15, -0.1) is 0 Å². The summed E-state index contributed by atoms with van der Waals surface area (Å²) in [6.07, 6.45) is -1.12. The maximum atomic E-state index is 15.5. The molecule has 2 aliphatic rings. The third-order valence-electron chi connectivity index (χ3n) is 7.47. The predicted molar refractivity (Wildman–Crippen MR) is 157 cm³/mol. The summed E-state index contributed by atoms with van der Waals surface area (Å²) in [5.41, 5.74) is -5.14. The van der Waals surface area contributed by atoms with Gasteiger partial charge < -0.3 is 18.8 Å². The maximum Gasteiger partial charge on any atom is 0.496 e. The Labute approximate surface area is 248 Å². The average Bonchev–Trinajstić information content (AvgIpc) is 2.96. The Morgan fingerprint density at radius 1 is 0.929 bits per heavy atom. The van der Waals surface area contributed by atoms with Gasteiger partial charge >= 0.3 is 19.3 Å². The van der Waals surface area contributed by atoms with Crippen molar-refractivity contribution < 1.29 is 41.2 Å². The standard InChI is InChI=1S/C28H43BFN3O8S/c1-23(2,3)38-21(34)33(22(35)39-24(4,5)6)20-25(7,8)42(36,37)16-28(13,32-20)18-14-17(15-31-19(18)30)29-40-26(9,10)27(11,12)41-29/h14-15H,16H2,1-13H3/t28-/m0/s1. The predicted octanol–water partition coefficient (Wildman–Crippen LogP) is 4.51. The normalized spacial score (nSPS) is 24.5. The Balaban J connectivity index is 2.25. The van der Waals surface area contributed by atoms with Crippen molar-refractivity contribution in [2.24, 2.45) is 4.99 Å². The van der Waals surface area contributed by atoms with Crippen molar-refractivity contribution in [3.05, 3.63) is 23.8 Å². The highest BCUT2D eigenvalue weighted by atomic mass is 32.2. The molecule has 0 spiro atoms. The fourth-order valence-corrected chi connectivity index (χ4v) is 6.10. The van der Waals surface area contributed by atoms with Crippen LogP contribution in [0, 0.1) is 5.95 Å². The van der Waals surface area contributed by atoms with Gasteiger partial charge in [-0.2, -0.15) is 9.29 Å². The van der Waals surface area contributed by atoms with Crippen LogP contribution in [-0.4, -0.2) is 76.3 Å². The van der Waals surface area contributed by atoms with Gasteiger partial charge in [-0.05, 0) is 90.0 Å². The molecule has 2 amide bonds. The zero-order chi connectivity index (χ0) is 32.5. The smallest absolute Gasteiger partial charge is 0.443 e. The zero-order valence-corrected chi connectivity index (χ0v) is 27.6. The molecule has 3 rings (SSSR count). The third kappa shape index (κ3) is 6.50. The minimum Gasteiger partial charge on any atom is -0.443 e. The summed E-state index contributed by atoms with van der Waals surface area (Å²) < 4.78 is 64.4. The van der Waals surface area contributed by atoms with Crippen molar-refractivity contribution >= 4 is 40.4 Å². The third-order valence-corrected chi connectivity index (χ3v) is 10.1. The van der Waals surface area contributed by atoms with Gasteiger partial charge in [0.1, 0.15) is 27.3 Å². The molecule has 0 aromatic carbocycles. The number of hydrogen-bond acceptors (Lipinski definition) is 10. The number of aromatic nitrogens is 1. The van der Waals surface area contributed by atoms with Crippen molar-refractivity contribution in [2.75, 3.05) is 5.75 Å². The molecule has 234 valence electrons. The first-order valence-electron chi connectivity index (χ1n) is 13.7. The number of sulfone groups is 1. The highest BCUT2D eigenvalue weighted by molar-refractivity contribution is 7.93. The van der Waals surface area contributed by atoms with Crippen molar-refractivity contribution in [3.8, 4) is 0 Å². The molecule has 42 heavy (non-hydrogen) atoms. The number of aliphatic imine (C=N–C) groups is 1. The number of carbonyl (C=O) groups is 2. The monoisotopic (exact) mass is 611 g/mol. The van der Waals surface area contributed by atoms with Crippen LogP contribution in [0.25, 0.3) is 0 Å². The summed E-state index contributed by atoms with van der Waals surface area (Å²) in [5.74, 6) is -2.09. The summed E-state index contributed by atoms with van der Waals surface area (Å²) >= 11 is 0. The molecule has 0 radical (unpaired) electrons. The van der Waals surface area contributed by atoms with E-state index < -0.39 is 79.4 Å². The van der Waals surface area contributed by atoms with E-state index in [0.29, 0.717) is 10.4 Å². The van der Waals surface area contributed by atoms with Gasteiger partial charge in [-0.25, -0.2) is 23.0 Å². The van der Waals surface area contributed by atoms with E-state index in [9.17, 15) is 18.0 Å². The molecule has 1 fully saturated rings. The van der Waals surface area contributed by atoms with Crippen molar-refractivity contribution in [1.29, 1.82) is 0 Å². The van der Waals surface area contributed by atoms with Crippen LogP contribution >= 0.6 is 0 Å². The summed E-state index contributed by atoms with van der Waals surface area (Å²) in [6.45, 7) is 21.0. The fraction of sp³-hybridized carbons (Fsp3) is 0.714. The molecule has 2 aliphatic heterocycles. The maximum absolute atomic E-state index is 15.5. The molecule has 0 aliphatic carbocycles. The number of amides is 2. The largest absolute Gasteiger partial charge is 0.496 e. The highest BCUT2D eigenvalue weighted by Crippen LogP contribution is 2.41. The molecule has 3 heterocycles. The molecular formula is C28H43BFN3O8S. The quantitative estimate of drug-likeness (QED) is 0.350. The van der Waals surface area contributed by atoms with Gasteiger partial charge in [0.2, 0.25) is 5.95 Å². The van der Waals surface area contributed by atoms with Gasteiger partial charge in [-0.1, -0.05) is 6.07 Å². The van der Waals surface area contributed by atoms with E-state index in [1.165, 1.54) is 33.0 Å². The Morgan fingerprint density at radius 2 is 1.38 bits per heavy atom. The number of ether oxygens (including phenoxy) is 2. The van der Waals surface area contributed by atoms with Crippen LogP contribution in [0.15, 0.2) is 17.3 Å². The van der Waals surface area contributed by atoms with E-state index in [4.69, 9.17) is 18.8 Å². The van der Waals surface area contributed by atoms with Crippen LogP contribution in [0.5, 0.6) is 0 Å². The van der Waals surface area contributed by atoms with Crippen LogP contribution in [0.4, 0.5) is 14.0 Å². The first-order valence-corrected chi connectivity index (χ1v) is 15.4. The second kappa shape index (κ2) is 10.3. The lowest BCUT2D eigenvalue weighted by atomic mass is 9.78. The zero-order valence-electron chi connectivity index (χ0n) is 26.8. The van der Waals surface area contributed by atoms with Crippen LogP contribution in [0.3, 0.4) is 0 Å². The minimum atomic E-state index is -4.20. The molecule has 14 heteroatoms. The lowest BCUT2D eigenvalue weighted by Crippen LogP contribution is -2.61. The molecule has 0 saturated carbocycles. The summed E-state index contributed by atoms with van der Waals surface area (Å²) in [5, 5.41) is 0. The van der Waals surface area contributed by atoms with Gasteiger partial charge in [0, 0.05) is 17.2 Å². The number of carbonyl (C=O) groups excluding carboxylic acids is 2. The van der Waals surface area contributed by atoms with Crippen molar-refractivity contribution in [3.63, 3.8) is 0 Å². The molecule has 1 saturated heterocycles. The van der Waals surface area contributed by atoms with E-state index in [2.05, 4.69) is 9.98 Å². The molecule has 0 N–H and O–H groups in total. The van der Waals surface area contributed by atoms with Gasteiger partial charge in [0.15, 0.2) is 9.84 Å². The first-order chi connectivity index (χ1) is 18.6. The Kier molecular flexibility index (Phi) is 8.29. The second-order valence-corrected chi connectivity index (χ2v) is 17.0. The van der Waals surface area contributed by atoms with Crippen LogP contribution < -0.4 is 5.46 Å². The minimum absolute atomic E-state index is 0.181. The Bertz CT molecular complexity index is 1370. The van der Waals surface area contributed by atoms with Crippen LogP contribution in [-0.2, 0) is 34.2 Å². The van der Waals surface area contributed by atoms with E-state index in [-0.39, 0.29) is 5.56 Å². The number of amidine groups is 1. The topological polar surface area (TPSA) is 134 Å². The summed E-state index contributed by atoms with van der Waals surface area (Å²) in [7, 11) is -5.11. The lowest BCUT2D eigenvalue weighted by molar-refractivity contribution is 0.00578. The molecule has 1 atom stereocenters. The van der Waals surface area contributed by atoms with E-state index in [1.54, 1.807) is 41.5 Å². The number of halogens is 1.